The first-order valence-electron chi connectivity index (χ1n) is 4.65. The number of quaternary nitrogens is 1. The van der Waals surface area contributed by atoms with Crippen LogP contribution < -0.4 is 11.3 Å². The number of carboxylic acid groups (broad SMARTS) is 1. The maximum Gasteiger partial charge on any atom is 0.124 e. The van der Waals surface area contributed by atoms with Gasteiger partial charge in [0, 0.05) is 0 Å². The minimum absolute atomic E-state index is 0. The van der Waals surface area contributed by atoms with Crippen molar-refractivity contribution in [3.05, 3.63) is 0 Å². The molecule has 0 radical (unpaired) electrons. The summed E-state index contributed by atoms with van der Waals surface area (Å²) in [7, 11) is 0. The number of epoxide rings is 1. The van der Waals surface area contributed by atoms with Crippen LogP contribution in [0.3, 0.4) is 0 Å². The topological polar surface area (TPSA) is 89.2 Å². The standard InChI is InChI=1S/C9H14O3.H3N/c10-9(11)8-7(12-8)6-4-2-1-3-5-6;/h6-8H,1-5H2,(H,10,11);1H3/t7-,8+;/m1./s1. The van der Waals surface area contributed by atoms with Crippen LogP contribution in [0.15, 0.2) is 0 Å². The molecule has 0 bridgehead atoms. The quantitative estimate of drug-likeness (QED) is 0.637. The van der Waals surface area contributed by atoms with Crippen LogP contribution in [0.25, 0.3) is 0 Å². The highest BCUT2D eigenvalue weighted by Crippen LogP contribution is 2.37. The van der Waals surface area contributed by atoms with E-state index in [2.05, 4.69) is 0 Å². The molecular formula is C9H17NO3. The van der Waals surface area contributed by atoms with Gasteiger partial charge in [-0.1, -0.05) is 19.3 Å². The molecule has 4 nitrogen and oxygen atoms in total. The van der Waals surface area contributed by atoms with Crippen molar-refractivity contribution in [3.63, 3.8) is 0 Å². The summed E-state index contributed by atoms with van der Waals surface area (Å²) in [6.07, 6.45) is 5.40. The van der Waals surface area contributed by atoms with E-state index in [-0.39, 0.29) is 12.3 Å². The Bertz CT molecular complexity index is 189. The van der Waals surface area contributed by atoms with Crippen LogP contribution in [-0.2, 0) is 9.53 Å². The van der Waals surface area contributed by atoms with Crippen LogP contribution in [0.2, 0.25) is 0 Å². The molecule has 1 heterocycles. The fourth-order valence-corrected chi connectivity index (χ4v) is 2.13. The second-order valence-corrected chi connectivity index (χ2v) is 3.74. The highest BCUT2D eigenvalue weighted by molar-refractivity contribution is 5.73. The van der Waals surface area contributed by atoms with E-state index in [0.29, 0.717) is 5.92 Å². The summed E-state index contributed by atoms with van der Waals surface area (Å²) < 4.78 is 5.06. The molecule has 4 heteroatoms. The molecule has 76 valence electrons. The van der Waals surface area contributed by atoms with Gasteiger partial charge >= 0.3 is 0 Å². The van der Waals surface area contributed by atoms with Crippen LogP contribution >= 0.6 is 0 Å². The van der Waals surface area contributed by atoms with E-state index in [1.54, 1.807) is 0 Å². The van der Waals surface area contributed by atoms with E-state index >= 15 is 0 Å². The van der Waals surface area contributed by atoms with Gasteiger partial charge in [-0.05, 0) is 18.8 Å². The van der Waals surface area contributed by atoms with Gasteiger partial charge in [-0.25, -0.2) is 0 Å². The number of carbonyl (C=O) groups excluding carboxylic acids is 1. The highest BCUT2D eigenvalue weighted by Gasteiger charge is 2.45. The lowest BCUT2D eigenvalue weighted by Crippen LogP contribution is -2.31. The third-order valence-electron chi connectivity index (χ3n) is 2.87. The largest absolute Gasteiger partial charge is 0.547 e. The summed E-state index contributed by atoms with van der Waals surface area (Å²) >= 11 is 0. The maximum absolute atomic E-state index is 10.4. The fourth-order valence-electron chi connectivity index (χ4n) is 2.13. The van der Waals surface area contributed by atoms with Gasteiger partial charge < -0.3 is 20.8 Å². The average molecular weight is 187 g/mol. The molecule has 0 unspecified atom stereocenters. The van der Waals surface area contributed by atoms with Crippen molar-refractivity contribution in [1.82, 2.24) is 6.15 Å². The van der Waals surface area contributed by atoms with E-state index in [1.807, 2.05) is 0 Å². The molecular weight excluding hydrogens is 170 g/mol. The Labute approximate surface area is 77.9 Å². The predicted octanol–water partition coefficient (Wildman–Crippen LogP) is 0.460. The van der Waals surface area contributed by atoms with Gasteiger partial charge in [0.15, 0.2) is 0 Å². The van der Waals surface area contributed by atoms with Crippen LogP contribution in [0.4, 0.5) is 0 Å². The molecule has 0 aromatic rings. The molecule has 1 saturated heterocycles. The van der Waals surface area contributed by atoms with Gasteiger partial charge in [-0.15, -0.1) is 0 Å². The van der Waals surface area contributed by atoms with Gasteiger partial charge in [-0.3, -0.25) is 0 Å². The Hall–Kier alpha value is -0.610. The molecule has 2 fully saturated rings. The van der Waals surface area contributed by atoms with Gasteiger partial charge in [0.05, 0.1) is 12.1 Å². The van der Waals surface area contributed by atoms with Crippen molar-refractivity contribution in [1.29, 1.82) is 0 Å². The van der Waals surface area contributed by atoms with Crippen LogP contribution in [0.5, 0.6) is 0 Å². The molecule has 0 spiro atoms. The minimum Gasteiger partial charge on any atom is -0.547 e. The molecule has 2 aliphatic rings. The predicted molar refractivity (Wildman–Crippen MR) is 46.2 cm³/mol. The zero-order valence-corrected chi connectivity index (χ0v) is 7.99. The average Bonchev–Trinajstić information content (AvgIpc) is 2.84. The molecule has 4 N–H and O–H groups in total. The number of ether oxygens (including phenoxy) is 1. The monoisotopic (exact) mass is 187 g/mol. The lowest BCUT2D eigenvalue weighted by molar-refractivity contribution is -0.307. The normalized spacial score (nSPS) is 33.5. The fraction of sp³-hybridized carbons (Fsp3) is 0.889. The first kappa shape index (κ1) is 10.5. The van der Waals surface area contributed by atoms with Crippen LogP contribution in [-0.4, -0.2) is 18.2 Å². The third kappa shape index (κ3) is 2.19. The zero-order valence-electron chi connectivity index (χ0n) is 7.99. The van der Waals surface area contributed by atoms with Gasteiger partial charge in [0.25, 0.3) is 0 Å². The van der Waals surface area contributed by atoms with Crippen molar-refractivity contribution in [2.75, 3.05) is 0 Å². The number of carbonyl (C=O) groups is 1. The lowest BCUT2D eigenvalue weighted by atomic mass is 9.86. The third-order valence-corrected chi connectivity index (χ3v) is 2.87. The lowest BCUT2D eigenvalue weighted by Gasteiger charge is -2.19. The van der Waals surface area contributed by atoms with E-state index in [9.17, 15) is 9.90 Å². The SMILES string of the molecule is O=C([O-])[C@H]1O[C@@H]1C1CCCCC1.[NH4+]. The van der Waals surface area contributed by atoms with Crippen LogP contribution in [0.1, 0.15) is 32.1 Å². The molecule has 0 aromatic carbocycles. The second-order valence-electron chi connectivity index (χ2n) is 3.74. The molecule has 1 saturated carbocycles. The van der Waals surface area contributed by atoms with Gasteiger partial charge in [0.1, 0.15) is 6.10 Å². The maximum atomic E-state index is 10.4. The van der Waals surface area contributed by atoms with Crippen molar-refractivity contribution in [3.8, 4) is 0 Å². The first-order chi connectivity index (χ1) is 5.79. The smallest absolute Gasteiger partial charge is 0.124 e. The van der Waals surface area contributed by atoms with E-state index in [4.69, 9.17) is 4.74 Å². The van der Waals surface area contributed by atoms with Gasteiger partial charge in [0.2, 0.25) is 0 Å². The van der Waals surface area contributed by atoms with Gasteiger partial charge in [-0.2, -0.15) is 0 Å². The van der Waals surface area contributed by atoms with Crippen molar-refractivity contribution < 1.29 is 14.6 Å². The zero-order chi connectivity index (χ0) is 8.55. The van der Waals surface area contributed by atoms with E-state index in [0.717, 1.165) is 12.8 Å². The Balaban J connectivity index is 0.000000845. The first-order valence-corrected chi connectivity index (χ1v) is 4.65. The van der Waals surface area contributed by atoms with Crippen molar-refractivity contribution in [2.45, 2.75) is 44.3 Å². The Kier molecular flexibility index (Phi) is 3.27. The number of hydrogen-bond acceptors (Lipinski definition) is 3. The summed E-state index contributed by atoms with van der Waals surface area (Å²) in [6, 6.07) is 0. The number of rotatable bonds is 2. The van der Waals surface area contributed by atoms with E-state index < -0.39 is 12.1 Å². The summed E-state index contributed by atoms with van der Waals surface area (Å²) in [5.74, 6) is -0.549. The van der Waals surface area contributed by atoms with E-state index in [1.165, 1.54) is 19.3 Å². The van der Waals surface area contributed by atoms with Crippen molar-refractivity contribution in [2.24, 2.45) is 5.92 Å². The number of aliphatic carboxylic acids is 1. The Morgan fingerprint density at radius 3 is 2.31 bits per heavy atom. The summed E-state index contributed by atoms with van der Waals surface area (Å²) in [4.78, 5) is 10.4. The Morgan fingerprint density at radius 2 is 1.85 bits per heavy atom. The summed E-state index contributed by atoms with van der Waals surface area (Å²) in [5.41, 5.74) is 0. The molecule has 2 atom stereocenters. The molecule has 1 aliphatic carbocycles. The number of carboxylic acids is 1. The minimum atomic E-state index is -1.04. The molecule has 2 rings (SSSR count). The summed E-state index contributed by atoms with van der Waals surface area (Å²) in [5, 5.41) is 10.4. The Morgan fingerprint density at radius 1 is 1.23 bits per heavy atom. The second kappa shape index (κ2) is 4.07. The molecule has 13 heavy (non-hydrogen) atoms. The molecule has 1 aliphatic heterocycles. The van der Waals surface area contributed by atoms with Crippen LogP contribution in [0, 0.1) is 5.92 Å². The van der Waals surface area contributed by atoms with Crippen molar-refractivity contribution >= 4 is 5.97 Å². The molecule has 0 aromatic heterocycles. The molecule has 0 amide bonds. The highest BCUT2D eigenvalue weighted by atomic mass is 16.6. The summed E-state index contributed by atoms with van der Waals surface area (Å²) in [6.45, 7) is 0. The number of hydrogen-bond donors (Lipinski definition) is 1.